The zero-order chi connectivity index (χ0) is 29.3. The van der Waals surface area contributed by atoms with E-state index in [1.165, 1.54) is 141 Å². The molecule has 0 N–H and O–H groups in total. The second kappa shape index (κ2) is 24.6. The highest BCUT2D eigenvalue weighted by Gasteiger charge is 2.52. The molecule has 2 aliphatic rings. The lowest BCUT2D eigenvalue weighted by Crippen LogP contribution is -2.12. The minimum atomic E-state index is -0.400. The van der Waals surface area contributed by atoms with Gasteiger partial charge in [-0.25, -0.2) is 0 Å². The van der Waals surface area contributed by atoms with Crippen molar-refractivity contribution in [1.29, 1.82) is 0 Å². The topological polar surface area (TPSA) is 51.2 Å². The molecule has 1 spiro atoms. The summed E-state index contributed by atoms with van der Waals surface area (Å²) in [4.78, 5) is 34.1. The molecule has 0 aromatic heterocycles. The van der Waals surface area contributed by atoms with Gasteiger partial charge in [-0.1, -0.05) is 142 Å². The molecule has 0 heterocycles. The third kappa shape index (κ3) is 18.4. The van der Waals surface area contributed by atoms with Gasteiger partial charge in [0, 0.05) is 19.3 Å². The molecule has 0 aromatic rings. The molecule has 0 amide bonds. The zero-order valence-electron chi connectivity index (χ0n) is 27.3. The van der Waals surface area contributed by atoms with E-state index in [4.69, 9.17) is 0 Å². The monoisotopic (exact) mass is 561 g/mol. The first kappa shape index (κ1) is 37.0. The standard InChI is InChI=1S/C20H36O.C17H32O2/c1-2-3-4-10-13-18-16-20(18)15-12-9-7-5-6-8-11-14-19(21)17-20;1-3-4-5-6-7-8-9-10-11-12-13-14-17(19)16(2)15-18/h18H,2-17H2,1H3;15-16H,3-14H2,1-2H3. The van der Waals surface area contributed by atoms with Gasteiger partial charge < -0.3 is 4.79 Å². The van der Waals surface area contributed by atoms with E-state index in [-0.39, 0.29) is 5.78 Å². The minimum Gasteiger partial charge on any atom is -0.303 e. The number of hydrogen-bond acceptors (Lipinski definition) is 3. The van der Waals surface area contributed by atoms with Gasteiger partial charge in [0.15, 0.2) is 0 Å². The van der Waals surface area contributed by atoms with Crippen molar-refractivity contribution in [2.24, 2.45) is 17.3 Å². The first-order valence-corrected chi connectivity index (χ1v) is 18.0. The first-order valence-electron chi connectivity index (χ1n) is 18.0. The van der Waals surface area contributed by atoms with Gasteiger partial charge in [0.2, 0.25) is 0 Å². The molecule has 3 nitrogen and oxygen atoms in total. The molecule has 0 aromatic carbocycles. The average molecular weight is 561 g/mol. The van der Waals surface area contributed by atoms with Gasteiger partial charge in [-0.15, -0.1) is 0 Å². The number of ketones is 2. The Morgan fingerprint density at radius 2 is 1.25 bits per heavy atom. The number of rotatable bonds is 19. The van der Waals surface area contributed by atoms with Crippen LogP contribution in [0.5, 0.6) is 0 Å². The molecule has 234 valence electrons. The predicted octanol–water partition coefficient (Wildman–Crippen LogP) is 11.5. The first-order chi connectivity index (χ1) is 19.5. The fraction of sp³-hybridized carbons (Fsp3) is 0.919. The lowest BCUT2D eigenvalue weighted by molar-refractivity contribution is -0.126. The fourth-order valence-electron chi connectivity index (χ4n) is 6.70. The highest BCUT2D eigenvalue weighted by Crippen LogP contribution is 2.61. The number of carbonyl (C=O) groups is 3. The summed E-state index contributed by atoms with van der Waals surface area (Å²) < 4.78 is 0. The van der Waals surface area contributed by atoms with E-state index in [0.29, 0.717) is 17.6 Å². The summed E-state index contributed by atoms with van der Waals surface area (Å²) in [6.45, 7) is 6.22. The molecule has 40 heavy (non-hydrogen) atoms. The summed E-state index contributed by atoms with van der Waals surface area (Å²) in [5.74, 6) is 1.17. The van der Waals surface area contributed by atoms with Gasteiger partial charge in [-0.2, -0.15) is 0 Å². The second-order valence-electron chi connectivity index (χ2n) is 13.5. The largest absolute Gasteiger partial charge is 0.303 e. The Labute approximate surface area is 249 Å². The fourth-order valence-corrected chi connectivity index (χ4v) is 6.70. The third-order valence-electron chi connectivity index (χ3n) is 9.68. The second-order valence-corrected chi connectivity index (χ2v) is 13.5. The van der Waals surface area contributed by atoms with E-state index >= 15 is 0 Å². The molecule has 2 rings (SSSR count). The lowest BCUT2D eigenvalue weighted by atomic mass is 9.86. The third-order valence-corrected chi connectivity index (χ3v) is 9.68. The van der Waals surface area contributed by atoms with Crippen molar-refractivity contribution in [3.63, 3.8) is 0 Å². The van der Waals surface area contributed by atoms with Crippen LogP contribution >= 0.6 is 0 Å². The Morgan fingerprint density at radius 1 is 0.750 bits per heavy atom. The Bertz CT molecular complexity index is 641. The van der Waals surface area contributed by atoms with Gasteiger partial charge in [0.25, 0.3) is 0 Å². The van der Waals surface area contributed by atoms with Gasteiger partial charge in [-0.05, 0) is 50.4 Å². The van der Waals surface area contributed by atoms with Crippen molar-refractivity contribution in [2.75, 3.05) is 0 Å². The van der Waals surface area contributed by atoms with Crippen molar-refractivity contribution in [3.05, 3.63) is 0 Å². The molecule has 0 aliphatic heterocycles. The number of hydrogen-bond donors (Lipinski definition) is 0. The maximum Gasteiger partial charge on any atom is 0.142 e. The van der Waals surface area contributed by atoms with E-state index in [1.54, 1.807) is 6.92 Å². The summed E-state index contributed by atoms with van der Waals surface area (Å²) >= 11 is 0. The SMILES string of the molecule is CCCCCCC1CC12CCCCCCCCCC(=O)C2.CCCCCCCCCCCCCC(=O)C(C)C=O. The van der Waals surface area contributed by atoms with E-state index in [9.17, 15) is 14.4 Å². The van der Waals surface area contributed by atoms with Crippen LogP contribution in [0.1, 0.15) is 201 Å². The van der Waals surface area contributed by atoms with E-state index in [0.717, 1.165) is 44.3 Å². The molecule has 2 aliphatic carbocycles. The molecular weight excluding hydrogens is 492 g/mol. The molecule has 3 atom stereocenters. The Morgan fingerprint density at radius 3 is 1.82 bits per heavy atom. The average Bonchev–Trinajstić information content (AvgIpc) is 3.63. The van der Waals surface area contributed by atoms with Crippen LogP contribution in [0.3, 0.4) is 0 Å². The number of unbranched alkanes of at least 4 members (excludes halogenated alkanes) is 13. The van der Waals surface area contributed by atoms with Gasteiger partial charge >= 0.3 is 0 Å². The normalized spacial score (nSPS) is 22.5. The van der Waals surface area contributed by atoms with Crippen LogP contribution < -0.4 is 0 Å². The van der Waals surface area contributed by atoms with E-state index < -0.39 is 5.92 Å². The van der Waals surface area contributed by atoms with Crippen LogP contribution in [-0.2, 0) is 14.4 Å². The summed E-state index contributed by atoms with van der Waals surface area (Å²) in [6, 6.07) is 0. The maximum atomic E-state index is 12.3. The van der Waals surface area contributed by atoms with Crippen LogP contribution in [-0.4, -0.2) is 17.9 Å². The maximum absolute atomic E-state index is 12.3. The summed E-state index contributed by atoms with van der Waals surface area (Å²) in [7, 11) is 0. The molecule has 3 heteroatoms. The lowest BCUT2D eigenvalue weighted by Gasteiger charge is -2.18. The van der Waals surface area contributed by atoms with Crippen LogP contribution in [0.2, 0.25) is 0 Å². The van der Waals surface area contributed by atoms with Gasteiger partial charge in [0.05, 0.1) is 5.92 Å². The number of carbonyl (C=O) groups excluding carboxylic acids is 3. The molecule has 0 saturated heterocycles. The van der Waals surface area contributed by atoms with Crippen molar-refractivity contribution >= 4 is 17.9 Å². The van der Waals surface area contributed by atoms with Crippen molar-refractivity contribution in [1.82, 2.24) is 0 Å². The van der Waals surface area contributed by atoms with Gasteiger partial charge in [0.1, 0.15) is 17.9 Å². The van der Waals surface area contributed by atoms with Crippen molar-refractivity contribution < 1.29 is 14.4 Å². The highest BCUT2D eigenvalue weighted by atomic mass is 16.1. The van der Waals surface area contributed by atoms with Crippen LogP contribution in [0.15, 0.2) is 0 Å². The van der Waals surface area contributed by atoms with E-state index in [1.807, 2.05) is 0 Å². The molecule has 3 unspecified atom stereocenters. The Balaban J connectivity index is 0.000000403. The number of aldehydes is 1. The predicted molar refractivity (Wildman–Crippen MR) is 172 cm³/mol. The summed E-state index contributed by atoms with van der Waals surface area (Å²) in [5.41, 5.74) is 0.461. The quantitative estimate of drug-likeness (QED) is 0.0896. The zero-order valence-corrected chi connectivity index (χ0v) is 27.3. The van der Waals surface area contributed by atoms with Crippen LogP contribution in [0.4, 0.5) is 0 Å². The molecule has 2 fully saturated rings. The molecule has 0 bridgehead atoms. The molecule has 2 saturated carbocycles. The van der Waals surface area contributed by atoms with E-state index in [2.05, 4.69) is 13.8 Å². The summed E-state index contributed by atoms with van der Waals surface area (Å²) in [6.07, 6.45) is 36.3. The number of Topliss-reactive ketones (excluding diaryl/α,β-unsaturated/α-hetero) is 2. The summed E-state index contributed by atoms with van der Waals surface area (Å²) in [5, 5.41) is 0. The molecular formula is C37H68O3. The smallest absolute Gasteiger partial charge is 0.142 e. The molecule has 0 radical (unpaired) electrons. The Hall–Kier alpha value is -0.990. The van der Waals surface area contributed by atoms with Crippen molar-refractivity contribution in [3.8, 4) is 0 Å². The van der Waals surface area contributed by atoms with Crippen LogP contribution in [0.25, 0.3) is 0 Å². The van der Waals surface area contributed by atoms with Crippen molar-refractivity contribution in [2.45, 2.75) is 201 Å². The minimum absolute atomic E-state index is 0.103. The van der Waals surface area contributed by atoms with Gasteiger partial charge in [-0.3, -0.25) is 9.59 Å². The highest BCUT2D eigenvalue weighted by molar-refractivity contribution is 5.92. The Kier molecular flexibility index (Phi) is 22.8. The van der Waals surface area contributed by atoms with Crippen LogP contribution in [0, 0.1) is 17.3 Å².